The second kappa shape index (κ2) is 5.47. The van der Waals surface area contributed by atoms with E-state index in [1.54, 1.807) is 0 Å². The average Bonchev–Trinajstić information content (AvgIpc) is 2.35. The van der Waals surface area contributed by atoms with Gasteiger partial charge in [0.2, 0.25) is 0 Å². The van der Waals surface area contributed by atoms with Crippen molar-refractivity contribution in [1.82, 2.24) is 5.32 Å². The van der Waals surface area contributed by atoms with Gasteiger partial charge in [0.25, 0.3) is 0 Å². The topological polar surface area (TPSA) is 35.8 Å². The van der Waals surface area contributed by atoms with Crippen LogP contribution in [0.1, 0.15) is 11.1 Å². The lowest BCUT2D eigenvalue weighted by atomic mass is 10.0. The Morgan fingerprint density at radius 2 is 1.88 bits per heavy atom. The van der Waals surface area contributed by atoms with Gasteiger partial charge < -0.3 is 5.32 Å². The highest BCUT2D eigenvalue weighted by atomic mass is 14.8. The third kappa shape index (κ3) is 3.05. The predicted molar refractivity (Wildman–Crippen MR) is 70.9 cm³/mol. The highest BCUT2D eigenvalue weighted by Crippen LogP contribution is 2.17. The van der Waals surface area contributed by atoms with Gasteiger partial charge in [-0.3, -0.25) is 0 Å². The van der Waals surface area contributed by atoms with Crippen molar-refractivity contribution in [3.8, 4) is 6.07 Å². The van der Waals surface area contributed by atoms with Crippen molar-refractivity contribution in [3.05, 3.63) is 47.5 Å². The molecule has 17 heavy (non-hydrogen) atoms. The van der Waals surface area contributed by atoms with Crippen LogP contribution in [0.4, 0.5) is 0 Å². The monoisotopic (exact) mass is 224 g/mol. The van der Waals surface area contributed by atoms with E-state index in [0.717, 1.165) is 13.0 Å². The van der Waals surface area contributed by atoms with E-state index in [2.05, 4.69) is 54.7 Å². The molecule has 0 saturated carbocycles. The van der Waals surface area contributed by atoms with Crippen LogP contribution in [0.25, 0.3) is 10.8 Å². The quantitative estimate of drug-likeness (QED) is 0.640. The van der Waals surface area contributed by atoms with Crippen LogP contribution in [0, 0.1) is 18.3 Å². The summed E-state index contributed by atoms with van der Waals surface area (Å²) in [5.74, 6) is 0. The summed E-state index contributed by atoms with van der Waals surface area (Å²) in [5.41, 5.74) is 2.60. The Morgan fingerprint density at radius 3 is 2.71 bits per heavy atom. The molecule has 0 aliphatic rings. The molecule has 2 nitrogen and oxygen atoms in total. The number of rotatable bonds is 4. The third-order valence-electron chi connectivity index (χ3n) is 2.85. The molecule has 1 N–H and O–H groups in total. The van der Waals surface area contributed by atoms with Gasteiger partial charge in [0.15, 0.2) is 0 Å². The maximum absolute atomic E-state index is 8.42. The van der Waals surface area contributed by atoms with Crippen LogP contribution in [0.5, 0.6) is 0 Å². The summed E-state index contributed by atoms with van der Waals surface area (Å²) in [5, 5.41) is 14.1. The first-order valence-electron chi connectivity index (χ1n) is 5.86. The van der Waals surface area contributed by atoms with Gasteiger partial charge in [-0.15, -0.1) is 0 Å². The fourth-order valence-corrected chi connectivity index (χ4v) is 1.95. The summed E-state index contributed by atoms with van der Waals surface area (Å²) in [6, 6.07) is 15.1. The zero-order chi connectivity index (χ0) is 12.1. The van der Waals surface area contributed by atoms with Crippen molar-refractivity contribution in [2.75, 3.05) is 13.1 Å². The van der Waals surface area contributed by atoms with E-state index < -0.39 is 0 Å². The van der Waals surface area contributed by atoms with E-state index >= 15 is 0 Å². The van der Waals surface area contributed by atoms with Crippen LogP contribution < -0.4 is 5.32 Å². The van der Waals surface area contributed by atoms with Crippen LogP contribution in [0.3, 0.4) is 0 Å². The fourth-order valence-electron chi connectivity index (χ4n) is 1.95. The molecular formula is C15H16N2. The number of benzene rings is 2. The molecule has 0 heterocycles. The first kappa shape index (κ1) is 11.6. The first-order chi connectivity index (χ1) is 8.29. The number of nitrogens with zero attached hydrogens (tertiary/aromatic N) is 1. The molecule has 0 radical (unpaired) electrons. The minimum atomic E-state index is 0.423. The van der Waals surface area contributed by atoms with Crippen LogP contribution in [-0.4, -0.2) is 13.1 Å². The zero-order valence-electron chi connectivity index (χ0n) is 10.0. The molecule has 0 unspecified atom stereocenters. The molecule has 0 aliphatic heterocycles. The molecule has 0 fully saturated rings. The largest absolute Gasteiger partial charge is 0.304 e. The van der Waals surface area contributed by atoms with Crippen LogP contribution in [-0.2, 0) is 6.42 Å². The summed E-state index contributed by atoms with van der Waals surface area (Å²) in [6.45, 7) is 3.39. The molecule has 0 spiro atoms. The Bertz CT molecular complexity index is 552. The number of fused-ring (bicyclic) bond motifs is 1. The fraction of sp³-hybridized carbons (Fsp3) is 0.267. The Morgan fingerprint density at radius 1 is 1.12 bits per heavy atom. The first-order valence-corrected chi connectivity index (χ1v) is 5.86. The lowest BCUT2D eigenvalue weighted by Crippen LogP contribution is -2.17. The van der Waals surface area contributed by atoms with Crippen LogP contribution >= 0.6 is 0 Å². The minimum absolute atomic E-state index is 0.423. The van der Waals surface area contributed by atoms with E-state index in [1.165, 1.54) is 21.9 Å². The summed E-state index contributed by atoms with van der Waals surface area (Å²) in [4.78, 5) is 0. The minimum Gasteiger partial charge on any atom is -0.304 e. The van der Waals surface area contributed by atoms with Crippen LogP contribution in [0.2, 0.25) is 0 Å². The smallest absolute Gasteiger partial charge is 0.0841 e. The maximum Gasteiger partial charge on any atom is 0.0841 e. The predicted octanol–water partition coefficient (Wildman–Crippen LogP) is 2.80. The van der Waals surface area contributed by atoms with Gasteiger partial charge in [-0.05, 0) is 29.7 Å². The lowest BCUT2D eigenvalue weighted by molar-refractivity contribution is 0.750. The number of nitriles is 1. The van der Waals surface area contributed by atoms with E-state index in [0.29, 0.717) is 6.54 Å². The van der Waals surface area contributed by atoms with E-state index in [4.69, 9.17) is 5.26 Å². The van der Waals surface area contributed by atoms with Gasteiger partial charge in [-0.25, -0.2) is 0 Å². The number of aryl methyl sites for hydroxylation is 1. The standard InChI is InChI=1S/C15H16N2/c1-12-2-4-15-11-13(3-5-14(15)10-12)6-8-17-9-7-16/h2-5,10-11,17H,6,8-9H2,1H3. The number of hydrogen-bond donors (Lipinski definition) is 1. The van der Waals surface area contributed by atoms with Crippen LogP contribution in [0.15, 0.2) is 36.4 Å². The zero-order valence-corrected chi connectivity index (χ0v) is 10.0. The lowest BCUT2D eigenvalue weighted by Gasteiger charge is -2.04. The molecule has 0 aromatic heterocycles. The molecule has 2 aromatic carbocycles. The molecule has 0 atom stereocenters. The molecule has 86 valence electrons. The third-order valence-corrected chi connectivity index (χ3v) is 2.85. The number of nitrogens with one attached hydrogen (secondary N) is 1. The second-order valence-electron chi connectivity index (χ2n) is 4.27. The van der Waals surface area contributed by atoms with Crippen molar-refractivity contribution in [1.29, 1.82) is 5.26 Å². The Labute approximate surface area is 102 Å². The molecule has 2 heteroatoms. The van der Waals surface area contributed by atoms with Gasteiger partial charge in [0.1, 0.15) is 0 Å². The highest BCUT2D eigenvalue weighted by Gasteiger charge is 1.97. The SMILES string of the molecule is Cc1ccc2cc(CCNCC#N)ccc2c1. The Balaban J connectivity index is 2.10. The van der Waals surface area contributed by atoms with E-state index in [1.807, 2.05) is 0 Å². The van der Waals surface area contributed by atoms with E-state index in [-0.39, 0.29) is 0 Å². The van der Waals surface area contributed by atoms with Crippen molar-refractivity contribution in [2.24, 2.45) is 0 Å². The van der Waals surface area contributed by atoms with Gasteiger partial charge in [-0.2, -0.15) is 5.26 Å². The Kier molecular flexibility index (Phi) is 3.74. The average molecular weight is 224 g/mol. The molecule has 2 rings (SSSR count). The van der Waals surface area contributed by atoms with Crippen molar-refractivity contribution >= 4 is 10.8 Å². The number of hydrogen-bond acceptors (Lipinski definition) is 2. The summed E-state index contributed by atoms with van der Waals surface area (Å²) < 4.78 is 0. The van der Waals surface area contributed by atoms with Gasteiger partial charge in [0.05, 0.1) is 12.6 Å². The van der Waals surface area contributed by atoms with E-state index in [9.17, 15) is 0 Å². The molecule has 0 aliphatic carbocycles. The molecule has 0 bridgehead atoms. The summed E-state index contributed by atoms with van der Waals surface area (Å²) in [7, 11) is 0. The van der Waals surface area contributed by atoms with Gasteiger partial charge in [0, 0.05) is 6.54 Å². The van der Waals surface area contributed by atoms with Gasteiger partial charge in [-0.1, -0.05) is 42.0 Å². The molecular weight excluding hydrogens is 208 g/mol. The maximum atomic E-state index is 8.42. The molecule has 2 aromatic rings. The second-order valence-corrected chi connectivity index (χ2v) is 4.27. The molecule has 0 saturated heterocycles. The van der Waals surface area contributed by atoms with Crippen molar-refractivity contribution in [3.63, 3.8) is 0 Å². The van der Waals surface area contributed by atoms with Crippen molar-refractivity contribution in [2.45, 2.75) is 13.3 Å². The summed E-state index contributed by atoms with van der Waals surface area (Å²) in [6.07, 6.45) is 0.964. The summed E-state index contributed by atoms with van der Waals surface area (Å²) >= 11 is 0. The normalized spacial score (nSPS) is 10.4. The highest BCUT2D eigenvalue weighted by molar-refractivity contribution is 5.83. The Hall–Kier alpha value is -1.85. The van der Waals surface area contributed by atoms with Gasteiger partial charge >= 0.3 is 0 Å². The molecule has 0 amide bonds. The van der Waals surface area contributed by atoms with Crippen molar-refractivity contribution < 1.29 is 0 Å².